The standard InChI is InChI=1S/C13H13ClN2O/c14-9-3-4-10-11(8-16-5-1-2-6-16)13(17)15-12(10)7-9/h3-4,7-8H,1-2,5-6H2,(H,15,17)/b11-8+. The number of amides is 1. The molecule has 1 aromatic rings. The second-order valence-electron chi connectivity index (χ2n) is 4.43. The van der Waals surface area contributed by atoms with Crippen LogP contribution in [-0.2, 0) is 4.79 Å². The van der Waals surface area contributed by atoms with E-state index in [2.05, 4.69) is 10.2 Å². The molecule has 1 saturated heterocycles. The number of benzene rings is 1. The van der Waals surface area contributed by atoms with E-state index in [0.29, 0.717) is 5.02 Å². The number of carbonyl (C=O) groups excluding carboxylic acids is 1. The van der Waals surface area contributed by atoms with Crippen molar-refractivity contribution in [3.05, 3.63) is 35.0 Å². The topological polar surface area (TPSA) is 32.3 Å². The Labute approximate surface area is 105 Å². The molecule has 3 rings (SSSR count). The summed E-state index contributed by atoms with van der Waals surface area (Å²) in [5.74, 6) is -0.0332. The smallest absolute Gasteiger partial charge is 0.257 e. The maximum absolute atomic E-state index is 11.9. The molecule has 88 valence electrons. The maximum atomic E-state index is 11.9. The Morgan fingerprint density at radius 1 is 1.29 bits per heavy atom. The van der Waals surface area contributed by atoms with Gasteiger partial charge in [-0.05, 0) is 25.0 Å². The van der Waals surface area contributed by atoms with Gasteiger partial charge in [0.25, 0.3) is 5.91 Å². The van der Waals surface area contributed by atoms with E-state index in [1.807, 2.05) is 18.3 Å². The van der Waals surface area contributed by atoms with E-state index >= 15 is 0 Å². The van der Waals surface area contributed by atoms with Gasteiger partial charge in [-0.15, -0.1) is 0 Å². The number of nitrogens with one attached hydrogen (secondary N) is 1. The quantitative estimate of drug-likeness (QED) is 0.775. The van der Waals surface area contributed by atoms with Crippen LogP contribution in [0.1, 0.15) is 18.4 Å². The highest BCUT2D eigenvalue weighted by atomic mass is 35.5. The number of carbonyl (C=O) groups is 1. The molecule has 0 aromatic heterocycles. The van der Waals surface area contributed by atoms with Crippen LogP contribution >= 0.6 is 11.6 Å². The van der Waals surface area contributed by atoms with Crippen LogP contribution in [0.5, 0.6) is 0 Å². The zero-order valence-corrected chi connectivity index (χ0v) is 10.1. The van der Waals surface area contributed by atoms with Crippen LogP contribution in [-0.4, -0.2) is 23.9 Å². The molecule has 1 fully saturated rings. The normalized spacial score (nSPS) is 20.9. The highest BCUT2D eigenvalue weighted by molar-refractivity contribution is 6.34. The molecule has 0 radical (unpaired) electrons. The molecule has 1 N–H and O–H groups in total. The lowest BCUT2D eigenvalue weighted by Gasteiger charge is -2.11. The van der Waals surface area contributed by atoms with Gasteiger partial charge in [-0.3, -0.25) is 4.79 Å². The number of halogens is 1. The number of likely N-dealkylation sites (tertiary alicyclic amines) is 1. The first-order chi connectivity index (χ1) is 8.24. The summed E-state index contributed by atoms with van der Waals surface area (Å²) in [5, 5.41) is 3.49. The van der Waals surface area contributed by atoms with Crippen molar-refractivity contribution in [2.24, 2.45) is 0 Å². The molecule has 2 aliphatic rings. The molecule has 2 heterocycles. The van der Waals surface area contributed by atoms with Crippen LogP contribution < -0.4 is 5.32 Å². The summed E-state index contributed by atoms with van der Waals surface area (Å²) in [6, 6.07) is 5.51. The molecule has 0 spiro atoms. The SMILES string of the molecule is O=C1Nc2cc(Cl)ccc2/C1=C\N1CCCC1. The highest BCUT2D eigenvalue weighted by Gasteiger charge is 2.25. The monoisotopic (exact) mass is 248 g/mol. The Morgan fingerprint density at radius 2 is 2.06 bits per heavy atom. The van der Waals surface area contributed by atoms with Gasteiger partial charge in [0.05, 0.1) is 11.3 Å². The summed E-state index contributed by atoms with van der Waals surface area (Å²) in [4.78, 5) is 14.1. The minimum absolute atomic E-state index is 0.0332. The number of hydrogen-bond donors (Lipinski definition) is 1. The van der Waals surface area contributed by atoms with Gasteiger partial charge in [-0.1, -0.05) is 17.7 Å². The van der Waals surface area contributed by atoms with Gasteiger partial charge in [0.1, 0.15) is 0 Å². The minimum atomic E-state index is -0.0332. The fourth-order valence-electron chi connectivity index (χ4n) is 2.35. The maximum Gasteiger partial charge on any atom is 0.257 e. The Morgan fingerprint density at radius 3 is 2.82 bits per heavy atom. The lowest BCUT2D eigenvalue weighted by Crippen LogP contribution is -2.14. The second-order valence-corrected chi connectivity index (χ2v) is 4.87. The number of rotatable bonds is 1. The molecule has 1 amide bonds. The van der Waals surface area contributed by atoms with Gasteiger partial charge < -0.3 is 10.2 Å². The number of hydrogen-bond acceptors (Lipinski definition) is 2. The number of nitrogens with zero attached hydrogens (tertiary/aromatic N) is 1. The minimum Gasteiger partial charge on any atom is -0.377 e. The Balaban J connectivity index is 1.98. The average molecular weight is 249 g/mol. The van der Waals surface area contributed by atoms with Gasteiger partial charge in [0.2, 0.25) is 0 Å². The lowest BCUT2D eigenvalue weighted by atomic mass is 10.1. The first-order valence-electron chi connectivity index (χ1n) is 5.81. The van der Waals surface area contributed by atoms with Crippen molar-refractivity contribution >= 4 is 28.8 Å². The average Bonchev–Trinajstić information content (AvgIpc) is 2.88. The molecule has 2 aliphatic heterocycles. The predicted molar refractivity (Wildman–Crippen MR) is 68.9 cm³/mol. The van der Waals surface area contributed by atoms with E-state index < -0.39 is 0 Å². The lowest BCUT2D eigenvalue weighted by molar-refractivity contribution is -0.110. The van der Waals surface area contributed by atoms with Crippen molar-refractivity contribution in [1.82, 2.24) is 4.90 Å². The van der Waals surface area contributed by atoms with Gasteiger partial charge in [-0.25, -0.2) is 0 Å². The first kappa shape index (κ1) is 10.7. The molecule has 1 aromatic carbocycles. The molecule has 0 atom stereocenters. The Kier molecular flexibility index (Phi) is 2.56. The fourth-order valence-corrected chi connectivity index (χ4v) is 2.52. The Hall–Kier alpha value is -1.48. The summed E-state index contributed by atoms with van der Waals surface area (Å²) >= 11 is 5.91. The number of anilines is 1. The third-order valence-electron chi connectivity index (χ3n) is 3.22. The second kappa shape index (κ2) is 4.08. The van der Waals surface area contributed by atoms with E-state index in [1.165, 1.54) is 12.8 Å². The Bertz CT molecular complexity index is 504. The zero-order chi connectivity index (χ0) is 11.8. The van der Waals surface area contributed by atoms with Crippen molar-refractivity contribution < 1.29 is 4.79 Å². The fraction of sp³-hybridized carbons (Fsp3) is 0.308. The molecule has 0 unspecified atom stereocenters. The van der Waals surface area contributed by atoms with Crippen molar-refractivity contribution in [2.75, 3.05) is 18.4 Å². The molecule has 17 heavy (non-hydrogen) atoms. The van der Waals surface area contributed by atoms with Crippen LogP contribution in [0.2, 0.25) is 5.02 Å². The van der Waals surface area contributed by atoms with E-state index in [-0.39, 0.29) is 5.91 Å². The summed E-state index contributed by atoms with van der Waals surface area (Å²) in [5.41, 5.74) is 2.51. The van der Waals surface area contributed by atoms with Crippen molar-refractivity contribution in [1.29, 1.82) is 0 Å². The van der Waals surface area contributed by atoms with Crippen LogP contribution in [0.4, 0.5) is 5.69 Å². The van der Waals surface area contributed by atoms with Gasteiger partial charge in [0.15, 0.2) is 0 Å². The van der Waals surface area contributed by atoms with Crippen LogP contribution in [0.15, 0.2) is 24.4 Å². The third-order valence-corrected chi connectivity index (χ3v) is 3.45. The van der Waals surface area contributed by atoms with Crippen molar-refractivity contribution in [3.63, 3.8) is 0 Å². The van der Waals surface area contributed by atoms with E-state index in [4.69, 9.17) is 11.6 Å². The summed E-state index contributed by atoms with van der Waals surface area (Å²) < 4.78 is 0. The van der Waals surface area contributed by atoms with Crippen LogP contribution in [0.25, 0.3) is 5.57 Å². The summed E-state index contributed by atoms with van der Waals surface area (Å²) in [6.45, 7) is 2.08. The van der Waals surface area contributed by atoms with Gasteiger partial charge in [-0.2, -0.15) is 0 Å². The van der Waals surface area contributed by atoms with Gasteiger partial charge in [0, 0.05) is 29.9 Å². The third kappa shape index (κ3) is 1.91. The molecule has 3 nitrogen and oxygen atoms in total. The van der Waals surface area contributed by atoms with Crippen molar-refractivity contribution in [3.8, 4) is 0 Å². The summed E-state index contributed by atoms with van der Waals surface area (Å²) in [6.07, 6.45) is 4.39. The van der Waals surface area contributed by atoms with Crippen molar-refractivity contribution in [2.45, 2.75) is 12.8 Å². The molecule has 0 bridgehead atoms. The first-order valence-corrected chi connectivity index (χ1v) is 6.19. The molecular weight excluding hydrogens is 236 g/mol. The van der Waals surface area contributed by atoms with Gasteiger partial charge >= 0.3 is 0 Å². The molecule has 0 aliphatic carbocycles. The molecular formula is C13H13ClN2O. The van der Waals surface area contributed by atoms with Crippen LogP contribution in [0.3, 0.4) is 0 Å². The highest BCUT2D eigenvalue weighted by Crippen LogP contribution is 2.34. The number of fused-ring (bicyclic) bond motifs is 1. The molecule has 0 saturated carbocycles. The zero-order valence-electron chi connectivity index (χ0n) is 9.37. The van der Waals surface area contributed by atoms with E-state index in [1.54, 1.807) is 6.07 Å². The predicted octanol–water partition coefficient (Wildman–Crippen LogP) is 2.73. The molecule has 4 heteroatoms. The summed E-state index contributed by atoms with van der Waals surface area (Å²) in [7, 11) is 0. The van der Waals surface area contributed by atoms with E-state index in [9.17, 15) is 4.79 Å². The largest absolute Gasteiger partial charge is 0.377 e. The van der Waals surface area contributed by atoms with E-state index in [0.717, 1.165) is 29.9 Å². The van der Waals surface area contributed by atoms with Crippen LogP contribution in [0, 0.1) is 0 Å².